The van der Waals surface area contributed by atoms with Crippen LogP contribution in [0.1, 0.15) is 18.2 Å². The Morgan fingerprint density at radius 1 is 1.24 bits per heavy atom. The number of benzene rings is 1. The SMILES string of the molecule is CCNC(=NCc1ccco1)NCCc1cccc(F)c1. The first-order valence-electron chi connectivity index (χ1n) is 7.07. The lowest BCUT2D eigenvalue weighted by Gasteiger charge is -2.11. The maximum absolute atomic E-state index is 13.1. The van der Waals surface area contributed by atoms with Gasteiger partial charge in [0, 0.05) is 13.1 Å². The minimum atomic E-state index is -0.203. The minimum absolute atomic E-state index is 0.203. The van der Waals surface area contributed by atoms with E-state index in [1.54, 1.807) is 18.4 Å². The molecule has 112 valence electrons. The van der Waals surface area contributed by atoms with E-state index < -0.39 is 0 Å². The molecule has 2 N–H and O–H groups in total. The van der Waals surface area contributed by atoms with E-state index in [9.17, 15) is 4.39 Å². The predicted octanol–water partition coefficient (Wildman–Crippen LogP) is 2.72. The van der Waals surface area contributed by atoms with Crippen molar-refractivity contribution in [2.45, 2.75) is 19.9 Å². The summed E-state index contributed by atoms with van der Waals surface area (Å²) in [6.07, 6.45) is 2.37. The number of hydrogen-bond donors (Lipinski definition) is 2. The van der Waals surface area contributed by atoms with Crippen molar-refractivity contribution < 1.29 is 8.81 Å². The summed E-state index contributed by atoms with van der Waals surface area (Å²) in [5.74, 6) is 1.34. The number of halogens is 1. The van der Waals surface area contributed by atoms with Crippen LogP contribution in [0, 0.1) is 5.82 Å². The van der Waals surface area contributed by atoms with Crippen LogP contribution in [0.3, 0.4) is 0 Å². The topological polar surface area (TPSA) is 49.6 Å². The summed E-state index contributed by atoms with van der Waals surface area (Å²) in [6.45, 7) is 3.97. The zero-order chi connectivity index (χ0) is 14.9. The molecule has 0 aliphatic carbocycles. The molecule has 0 bridgehead atoms. The van der Waals surface area contributed by atoms with Crippen molar-refractivity contribution in [2.24, 2.45) is 4.99 Å². The van der Waals surface area contributed by atoms with Crippen LogP contribution in [0.15, 0.2) is 52.1 Å². The Balaban J connectivity index is 1.83. The first-order chi connectivity index (χ1) is 10.3. The molecule has 0 aliphatic heterocycles. The third-order valence-corrected chi connectivity index (χ3v) is 2.91. The van der Waals surface area contributed by atoms with Gasteiger partial charge in [-0.05, 0) is 43.2 Å². The summed E-state index contributed by atoms with van der Waals surface area (Å²) in [5, 5.41) is 6.39. The lowest BCUT2D eigenvalue weighted by atomic mass is 10.1. The highest BCUT2D eigenvalue weighted by Crippen LogP contribution is 2.04. The van der Waals surface area contributed by atoms with Gasteiger partial charge in [-0.2, -0.15) is 0 Å². The predicted molar refractivity (Wildman–Crippen MR) is 81.6 cm³/mol. The number of nitrogens with one attached hydrogen (secondary N) is 2. The van der Waals surface area contributed by atoms with E-state index in [0.29, 0.717) is 13.1 Å². The smallest absolute Gasteiger partial charge is 0.191 e. The Kier molecular flexibility index (Phi) is 5.82. The second-order valence-electron chi connectivity index (χ2n) is 4.58. The van der Waals surface area contributed by atoms with E-state index in [2.05, 4.69) is 15.6 Å². The monoisotopic (exact) mass is 289 g/mol. The van der Waals surface area contributed by atoms with Gasteiger partial charge in [0.05, 0.1) is 6.26 Å². The highest BCUT2D eigenvalue weighted by atomic mass is 19.1. The van der Waals surface area contributed by atoms with Crippen LogP contribution in [-0.4, -0.2) is 19.0 Å². The molecule has 0 saturated carbocycles. The fourth-order valence-corrected chi connectivity index (χ4v) is 1.92. The van der Waals surface area contributed by atoms with Crippen LogP contribution < -0.4 is 10.6 Å². The number of furan rings is 1. The number of aliphatic imine (C=N–C) groups is 1. The highest BCUT2D eigenvalue weighted by Gasteiger charge is 2.00. The third-order valence-electron chi connectivity index (χ3n) is 2.91. The number of nitrogens with zero attached hydrogens (tertiary/aromatic N) is 1. The maximum atomic E-state index is 13.1. The fraction of sp³-hybridized carbons (Fsp3) is 0.312. The van der Waals surface area contributed by atoms with E-state index in [1.807, 2.05) is 25.1 Å². The molecular formula is C16H20FN3O. The summed E-state index contributed by atoms with van der Waals surface area (Å²) >= 11 is 0. The van der Waals surface area contributed by atoms with E-state index in [0.717, 1.165) is 30.2 Å². The lowest BCUT2D eigenvalue weighted by Crippen LogP contribution is -2.38. The van der Waals surface area contributed by atoms with E-state index in [1.165, 1.54) is 6.07 Å². The molecular weight excluding hydrogens is 269 g/mol. The molecule has 0 fully saturated rings. The molecule has 5 heteroatoms. The molecule has 1 heterocycles. The molecule has 0 radical (unpaired) electrons. The first kappa shape index (κ1) is 15.1. The van der Waals surface area contributed by atoms with Crippen molar-refractivity contribution in [1.29, 1.82) is 0 Å². The van der Waals surface area contributed by atoms with Crippen molar-refractivity contribution in [3.63, 3.8) is 0 Å². The summed E-state index contributed by atoms with van der Waals surface area (Å²) in [5.41, 5.74) is 0.962. The summed E-state index contributed by atoms with van der Waals surface area (Å²) < 4.78 is 18.3. The van der Waals surface area contributed by atoms with Crippen LogP contribution in [0.4, 0.5) is 4.39 Å². The van der Waals surface area contributed by atoms with E-state index in [-0.39, 0.29) is 5.82 Å². The largest absolute Gasteiger partial charge is 0.467 e. The number of guanidine groups is 1. The van der Waals surface area contributed by atoms with Gasteiger partial charge in [0.15, 0.2) is 5.96 Å². The normalized spacial score (nSPS) is 11.4. The Bertz CT molecular complexity index is 567. The van der Waals surface area contributed by atoms with Gasteiger partial charge < -0.3 is 15.1 Å². The van der Waals surface area contributed by atoms with Gasteiger partial charge >= 0.3 is 0 Å². The molecule has 0 saturated heterocycles. The van der Waals surface area contributed by atoms with Crippen molar-refractivity contribution in [3.8, 4) is 0 Å². The molecule has 0 unspecified atom stereocenters. The van der Waals surface area contributed by atoms with E-state index in [4.69, 9.17) is 4.42 Å². The van der Waals surface area contributed by atoms with Crippen LogP contribution in [0.25, 0.3) is 0 Å². The van der Waals surface area contributed by atoms with Gasteiger partial charge in [0.25, 0.3) is 0 Å². The molecule has 1 aromatic heterocycles. The third kappa shape index (κ3) is 5.30. The summed E-state index contributed by atoms with van der Waals surface area (Å²) in [6, 6.07) is 10.4. The van der Waals surface area contributed by atoms with Crippen LogP contribution in [0.5, 0.6) is 0 Å². The Morgan fingerprint density at radius 3 is 2.86 bits per heavy atom. The minimum Gasteiger partial charge on any atom is -0.467 e. The molecule has 0 aliphatic rings. The molecule has 2 rings (SSSR count). The van der Waals surface area contributed by atoms with Crippen LogP contribution >= 0.6 is 0 Å². The Labute approximate surface area is 124 Å². The molecule has 4 nitrogen and oxygen atoms in total. The summed E-state index contributed by atoms with van der Waals surface area (Å²) in [4.78, 5) is 4.43. The zero-order valence-electron chi connectivity index (χ0n) is 12.1. The number of hydrogen-bond acceptors (Lipinski definition) is 2. The number of rotatable bonds is 6. The van der Waals surface area contributed by atoms with Crippen molar-refractivity contribution in [2.75, 3.05) is 13.1 Å². The van der Waals surface area contributed by atoms with Gasteiger partial charge in [-0.3, -0.25) is 0 Å². The Morgan fingerprint density at radius 2 is 2.14 bits per heavy atom. The zero-order valence-corrected chi connectivity index (χ0v) is 12.1. The lowest BCUT2D eigenvalue weighted by molar-refractivity contribution is 0.512. The van der Waals surface area contributed by atoms with Crippen molar-refractivity contribution in [3.05, 3.63) is 59.8 Å². The van der Waals surface area contributed by atoms with Crippen molar-refractivity contribution in [1.82, 2.24) is 10.6 Å². The van der Waals surface area contributed by atoms with E-state index >= 15 is 0 Å². The Hall–Kier alpha value is -2.30. The average Bonchev–Trinajstić information content (AvgIpc) is 2.98. The molecule has 0 spiro atoms. The van der Waals surface area contributed by atoms with Gasteiger partial charge in [-0.25, -0.2) is 9.38 Å². The molecule has 1 aromatic carbocycles. The maximum Gasteiger partial charge on any atom is 0.191 e. The van der Waals surface area contributed by atoms with Crippen molar-refractivity contribution >= 4 is 5.96 Å². The standard InChI is InChI=1S/C16H20FN3O/c1-2-18-16(20-12-15-7-4-10-21-15)19-9-8-13-5-3-6-14(17)11-13/h3-7,10-11H,2,8-9,12H2,1H3,(H2,18,19,20). The second kappa shape index (κ2) is 8.09. The highest BCUT2D eigenvalue weighted by molar-refractivity contribution is 5.79. The quantitative estimate of drug-likeness (QED) is 0.635. The van der Waals surface area contributed by atoms with Crippen LogP contribution in [0.2, 0.25) is 0 Å². The van der Waals surface area contributed by atoms with Gasteiger partial charge in [0.1, 0.15) is 18.1 Å². The van der Waals surface area contributed by atoms with Gasteiger partial charge in [0.2, 0.25) is 0 Å². The van der Waals surface area contributed by atoms with Gasteiger partial charge in [-0.15, -0.1) is 0 Å². The van der Waals surface area contributed by atoms with Crippen LogP contribution in [-0.2, 0) is 13.0 Å². The molecule has 0 atom stereocenters. The molecule has 21 heavy (non-hydrogen) atoms. The molecule has 0 amide bonds. The fourth-order valence-electron chi connectivity index (χ4n) is 1.92. The van der Waals surface area contributed by atoms with Gasteiger partial charge in [-0.1, -0.05) is 12.1 Å². The second-order valence-corrected chi connectivity index (χ2v) is 4.58. The molecule has 2 aromatic rings. The summed E-state index contributed by atoms with van der Waals surface area (Å²) in [7, 11) is 0. The average molecular weight is 289 g/mol. The first-order valence-corrected chi connectivity index (χ1v) is 7.07.